The number of benzene rings is 2. The first-order valence-electron chi connectivity index (χ1n) is 8.88. The summed E-state index contributed by atoms with van der Waals surface area (Å²) in [4.78, 5) is 31.5. The zero-order valence-electron chi connectivity index (χ0n) is 16.0. The summed E-state index contributed by atoms with van der Waals surface area (Å²) >= 11 is 12.5. The Bertz CT molecular complexity index is 1370. The molecule has 0 saturated carbocycles. The minimum absolute atomic E-state index is 0.298. The summed E-state index contributed by atoms with van der Waals surface area (Å²) in [5.41, 5.74) is 2.02. The number of halogens is 2. The minimum Gasteiger partial charge on any atom is -0.466 e. The average molecular weight is 443 g/mol. The van der Waals surface area contributed by atoms with Crippen molar-refractivity contribution < 1.29 is 9.53 Å². The molecule has 2 aromatic heterocycles. The number of carbonyl (C=O) groups excluding carboxylic acids is 1. The highest BCUT2D eigenvalue weighted by Crippen LogP contribution is 2.34. The Hall–Kier alpha value is -3.29. The highest BCUT2D eigenvalue weighted by atomic mass is 35.5. The number of aromatic amines is 1. The third-order valence-corrected chi connectivity index (χ3v) is 5.29. The topological polar surface area (TPSA) is 89.0 Å². The van der Waals surface area contributed by atoms with Crippen molar-refractivity contribution in [2.24, 2.45) is 7.05 Å². The second-order valence-electron chi connectivity index (χ2n) is 6.52. The van der Waals surface area contributed by atoms with Crippen LogP contribution in [-0.4, -0.2) is 27.6 Å². The van der Waals surface area contributed by atoms with Crippen molar-refractivity contribution in [2.45, 2.75) is 0 Å². The molecule has 0 saturated heterocycles. The largest absolute Gasteiger partial charge is 0.466 e. The molecule has 0 fully saturated rings. The van der Waals surface area contributed by atoms with Crippen molar-refractivity contribution in [1.82, 2.24) is 14.5 Å². The van der Waals surface area contributed by atoms with E-state index in [0.29, 0.717) is 49.2 Å². The van der Waals surface area contributed by atoms with Crippen molar-refractivity contribution in [3.8, 4) is 0 Å². The number of nitrogens with zero attached hydrogens (tertiary/aromatic N) is 2. The number of ether oxygens (including phenoxy) is 1. The van der Waals surface area contributed by atoms with E-state index in [1.54, 1.807) is 35.9 Å². The zero-order valence-corrected chi connectivity index (χ0v) is 17.5. The van der Waals surface area contributed by atoms with Gasteiger partial charge < -0.3 is 19.6 Å². The van der Waals surface area contributed by atoms with Crippen LogP contribution in [0.4, 0.5) is 11.6 Å². The van der Waals surface area contributed by atoms with E-state index in [2.05, 4.69) is 20.0 Å². The molecule has 0 amide bonds. The van der Waals surface area contributed by atoms with Gasteiger partial charge in [0.25, 0.3) is 5.56 Å². The van der Waals surface area contributed by atoms with Gasteiger partial charge in [-0.15, -0.1) is 0 Å². The third-order valence-electron chi connectivity index (χ3n) is 4.66. The van der Waals surface area contributed by atoms with Gasteiger partial charge in [0.15, 0.2) is 0 Å². The molecule has 9 heteroatoms. The number of fused-ring (bicyclic) bond motifs is 3. The summed E-state index contributed by atoms with van der Waals surface area (Å²) in [6.07, 6.45) is 2.74. The van der Waals surface area contributed by atoms with Crippen LogP contribution in [-0.2, 0) is 16.6 Å². The van der Waals surface area contributed by atoms with Gasteiger partial charge in [-0.1, -0.05) is 35.3 Å². The minimum atomic E-state index is -0.507. The first-order valence-corrected chi connectivity index (χ1v) is 9.64. The predicted molar refractivity (Wildman–Crippen MR) is 120 cm³/mol. The van der Waals surface area contributed by atoms with Crippen molar-refractivity contribution in [2.75, 3.05) is 12.4 Å². The lowest BCUT2D eigenvalue weighted by Crippen LogP contribution is -2.09. The normalized spacial score (nSPS) is 11.5. The van der Waals surface area contributed by atoms with Gasteiger partial charge in [-0.2, -0.15) is 0 Å². The molecule has 0 bridgehead atoms. The lowest BCUT2D eigenvalue weighted by atomic mass is 10.1. The summed E-state index contributed by atoms with van der Waals surface area (Å²) in [7, 11) is 3.09. The Morgan fingerprint density at radius 2 is 1.97 bits per heavy atom. The highest BCUT2D eigenvalue weighted by Gasteiger charge is 2.16. The van der Waals surface area contributed by atoms with Crippen LogP contribution < -0.4 is 10.9 Å². The molecule has 2 aromatic carbocycles. The number of hydrogen-bond acceptors (Lipinski definition) is 5. The van der Waals surface area contributed by atoms with Gasteiger partial charge in [-0.05, 0) is 35.7 Å². The van der Waals surface area contributed by atoms with Crippen LogP contribution in [0.3, 0.4) is 0 Å². The van der Waals surface area contributed by atoms with Gasteiger partial charge in [0.05, 0.1) is 39.3 Å². The Morgan fingerprint density at radius 3 is 2.67 bits per heavy atom. The summed E-state index contributed by atoms with van der Waals surface area (Å²) in [6, 6.07) is 10.6. The zero-order chi connectivity index (χ0) is 21.4. The first kappa shape index (κ1) is 20.0. The molecule has 0 atom stereocenters. The van der Waals surface area contributed by atoms with E-state index in [-0.39, 0.29) is 5.56 Å². The van der Waals surface area contributed by atoms with Crippen molar-refractivity contribution >= 4 is 68.7 Å². The Balaban J connectivity index is 1.85. The van der Waals surface area contributed by atoms with Gasteiger partial charge in [0.1, 0.15) is 0 Å². The summed E-state index contributed by atoms with van der Waals surface area (Å²) in [5, 5.41) is 5.25. The molecule has 0 radical (unpaired) electrons. The van der Waals surface area contributed by atoms with E-state index < -0.39 is 5.97 Å². The number of methoxy groups -OCH3 is 1. The highest BCUT2D eigenvalue weighted by molar-refractivity contribution is 6.39. The number of esters is 1. The lowest BCUT2D eigenvalue weighted by Gasteiger charge is -2.10. The van der Waals surface area contributed by atoms with E-state index in [1.807, 2.05) is 12.1 Å². The smallest absolute Gasteiger partial charge is 0.330 e. The molecule has 4 aromatic rings. The van der Waals surface area contributed by atoms with Gasteiger partial charge in [0, 0.05) is 18.8 Å². The molecular weight excluding hydrogens is 427 g/mol. The maximum Gasteiger partial charge on any atom is 0.330 e. The fraction of sp³-hybridized carbons (Fsp3) is 0.0952. The van der Waals surface area contributed by atoms with E-state index in [9.17, 15) is 9.59 Å². The van der Waals surface area contributed by atoms with Crippen LogP contribution in [0, 0.1) is 0 Å². The quantitative estimate of drug-likeness (QED) is 0.354. The molecule has 2 N–H and O–H groups in total. The van der Waals surface area contributed by atoms with Crippen LogP contribution in [0.15, 0.2) is 47.3 Å². The summed E-state index contributed by atoms with van der Waals surface area (Å²) in [6.45, 7) is 0. The molecule has 0 aliphatic rings. The number of para-hydroxylation sites is 1. The fourth-order valence-corrected chi connectivity index (χ4v) is 3.73. The molecule has 0 unspecified atom stereocenters. The van der Waals surface area contributed by atoms with Crippen LogP contribution in [0.25, 0.3) is 27.9 Å². The number of anilines is 2. The Labute approximate surface area is 180 Å². The van der Waals surface area contributed by atoms with E-state index in [0.717, 1.165) is 0 Å². The van der Waals surface area contributed by atoms with Crippen LogP contribution in [0.2, 0.25) is 10.0 Å². The molecular formula is C21H16Cl2N4O3. The third kappa shape index (κ3) is 3.53. The molecule has 152 valence electrons. The maximum absolute atomic E-state index is 12.8. The molecule has 0 aliphatic heterocycles. The Kier molecular flexibility index (Phi) is 5.24. The molecule has 7 nitrogen and oxygen atoms in total. The average Bonchev–Trinajstić information content (AvgIpc) is 3.04. The van der Waals surface area contributed by atoms with Gasteiger partial charge >= 0.3 is 5.97 Å². The number of rotatable bonds is 4. The maximum atomic E-state index is 12.8. The van der Waals surface area contributed by atoms with Crippen molar-refractivity contribution in [3.63, 3.8) is 0 Å². The molecule has 2 heterocycles. The predicted octanol–water partition coefficient (Wildman–Crippen LogP) is 4.65. The van der Waals surface area contributed by atoms with E-state index in [4.69, 9.17) is 23.2 Å². The van der Waals surface area contributed by atoms with Gasteiger partial charge in [-0.3, -0.25) is 4.79 Å². The van der Waals surface area contributed by atoms with E-state index >= 15 is 0 Å². The fourth-order valence-electron chi connectivity index (χ4n) is 3.23. The number of hydrogen-bond donors (Lipinski definition) is 2. The molecule has 30 heavy (non-hydrogen) atoms. The Morgan fingerprint density at radius 1 is 1.23 bits per heavy atom. The summed E-state index contributed by atoms with van der Waals surface area (Å²) in [5.74, 6) is -0.0199. The standard InChI is InChI=1S/C21H16Cl2N4O3/c1-27-19-15(25-21(27)26-18-13(22)4-3-5-14(18)23)8-6-11-10-12(7-9-16(28)30-2)24-20(29)17(11)19/h3-10H,1-2H3,(H,24,29)(H,25,26)/b9-7-. The number of imidazole rings is 1. The summed E-state index contributed by atoms with van der Waals surface area (Å²) < 4.78 is 6.35. The van der Waals surface area contributed by atoms with Crippen LogP contribution >= 0.6 is 23.2 Å². The lowest BCUT2D eigenvalue weighted by molar-refractivity contribution is -0.134. The number of H-pyrrole nitrogens is 1. The molecule has 0 spiro atoms. The van der Waals surface area contributed by atoms with Crippen molar-refractivity contribution in [1.29, 1.82) is 0 Å². The van der Waals surface area contributed by atoms with Gasteiger partial charge in [-0.25, -0.2) is 9.78 Å². The number of carbonyl (C=O) groups is 1. The molecule has 4 rings (SSSR count). The van der Waals surface area contributed by atoms with Crippen molar-refractivity contribution in [3.05, 3.63) is 68.6 Å². The number of nitrogens with one attached hydrogen (secondary N) is 2. The second-order valence-corrected chi connectivity index (χ2v) is 7.34. The van der Waals surface area contributed by atoms with Crippen LogP contribution in [0.5, 0.6) is 0 Å². The number of pyridine rings is 1. The van der Waals surface area contributed by atoms with E-state index in [1.165, 1.54) is 19.3 Å². The SMILES string of the molecule is COC(=O)/C=C\c1cc2ccc3nc(Nc4c(Cl)cccc4Cl)n(C)c3c2c(=O)[nH]1. The number of aromatic nitrogens is 3. The monoisotopic (exact) mass is 442 g/mol. The van der Waals surface area contributed by atoms with Gasteiger partial charge in [0.2, 0.25) is 5.95 Å². The van der Waals surface area contributed by atoms with Crippen LogP contribution in [0.1, 0.15) is 5.69 Å². The molecule has 0 aliphatic carbocycles. The number of aryl methyl sites for hydroxylation is 1. The first-order chi connectivity index (χ1) is 14.4. The second kappa shape index (κ2) is 7.85.